The summed E-state index contributed by atoms with van der Waals surface area (Å²) in [6.45, 7) is 0. The summed E-state index contributed by atoms with van der Waals surface area (Å²) in [4.78, 5) is 0.604. The fourth-order valence-electron chi connectivity index (χ4n) is 0.840. The summed E-state index contributed by atoms with van der Waals surface area (Å²) in [6, 6.07) is 1.74. The molecule has 2 aromatic rings. The fraction of sp³-hybridized carbons (Fsp3) is 0. The molecule has 2 aromatic heterocycles. The molecule has 0 aliphatic carbocycles. The molecule has 0 radical (unpaired) electrons. The number of nitrogens with zero attached hydrogens (tertiary/aromatic N) is 3. The minimum Gasteiger partial charge on any atom is -0.778 e. The maximum Gasteiger partial charge on any atom is 1.00 e. The second-order valence-electron chi connectivity index (χ2n) is 2.06. The number of aromatic nitrogens is 3. The first kappa shape index (κ1) is 10.2. The topological polar surface area (TPSA) is 30.2 Å². The number of hydrogen-bond acceptors (Lipinski definition) is 3. The average Bonchev–Trinajstić information content (AvgIpc) is 2.45. The first-order valence-electron chi connectivity index (χ1n) is 2.94. The van der Waals surface area contributed by atoms with Crippen molar-refractivity contribution < 1.29 is 29.6 Å². The molecule has 0 bridgehead atoms. The van der Waals surface area contributed by atoms with Gasteiger partial charge in [-0.15, -0.1) is 10.2 Å². The van der Waals surface area contributed by atoms with E-state index < -0.39 is 0 Å². The monoisotopic (exact) mass is 207 g/mol. The van der Waals surface area contributed by atoms with Gasteiger partial charge in [-0.2, -0.15) is 4.90 Å². The van der Waals surface area contributed by atoms with E-state index in [0.29, 0.717) is 15.6 Å². The number of fused-ring (bicyclic) bond motifs is 1. The average molecular weight is 208 g/mol. The minimum atomic E-state index is 0. The third kappa shape index (κ3) is 1.58. The van der Waals surface area contributed by atoms with Gasteiger partial charge in [0.1, 0.15) is 6.33 Å². The molecule has 0 saturated carbocycles. The van der Waals surface area contributed by atoms with Crippen LogP contribution >= 0.6 is 11.6 Å². The molecule has 2 heterocycles. The third-order valence-corrected chi connectivity index (χ3v) is 2.20. The van der Waals surface area contributed by atoms with Crippen LogP contribution in [-0.2, 0) is 12.6 Å². The largest absolute Gasteiger partial charge is 1.00 e. The van der Waals surface area contributed by atoms with Crippen LogP contribution in [0.2, 0.25) is 5.02 Å². The van der Waals surface area contributed by atoms with Crippen LogP contribution in [0.15, 0.2) is 23.5 Å². The molecular weight excluding hydrogens is 205 g/mol. The quantitative estimate of drug-likeness (QED) is 0.381. The Morgan fingerprint density at radius 3 is 3.00 bits per heavy atom. The number of rotatable bonds is 0. The Labute approximate surface area is 102 Å². The molecule has 0 fully saturated rings. The van der Waals surface area contributed by atoms with Crippen molar-refractivity contribution in [2.45, 2.75) is 4.90 Å². The van der Waals surface area contributed by atoms with E-state index >= 15 is 0 Å². The van der Waals surface area contributed by atoms with Gasteiger partial charge < -0.3 is 12.6 Å². The van der Waals surface area contributed by atoms with Crippen molar-refractivity contribution in [3.8, 4) is 0 Å². The Bertz CT molecular complexity index is 403. The Balaban J connectivity index is 0.000000720. The van der Waals surface area contributed by atoms with Gasteiger partial charge in [0.15, 0.2) is 5.65 Å². The van der Waals surface area contributed by atoms with E-state index in [1.165, 1.54) is 0 Å². The van der Waals surface area contributed by atoms with Gasteiger partial charge in [-0.25, -0.2) is 0 Å². The molecule has 0 amide bonds. The molecule has 0 N–H and O–H groups in total. The molecule has 56 valence electrons. The zero-order valence-corrected chi connectivity index (χ0v) is 9.93. The van der Waals surface area contributed by atoms with E-state index in [1.54, 1.807) is 23.0 Å². The van der Waals surface area contributed by atoms with Crippen LogP contribution in [0.5, 0.6) is 0 Å². The van der Waals surface area contributed by atoms with Gasteiger partial charge >= 0.3 is 29.6 Å². The smallest absolute Gasteiger partial charge is 0.778 e. The minimum absolute atomic E-state index is 0. The summed E-state index contributed by atoms with van der Waals surface area (Å²) >= 11 is 10.8. The van der Waals surface area contributed by atoms with Crippen molar-refractivity contribution in [1.82, 2.24) is 14.6 Å². The number of halogens is 1. The van der Waals surface area contributed by atoms with Gasteiger partial charge in [0.2, 0.25) is 0 Å². The summed E-state index contributed by atoms with van der Waals surface area (Å²) in [5.41, 5.74) is 0.610. The predicted molar refractivity (Wildman–Crippen MR) is 43.6 cm³/mol. The normalized spacial score (nSPS) is 9.75. The Morgan fingerprint density at radius 1 is 1.50 bits per heavy atom. The summed E-state index contributed by atoms with van der Waals surface area (Å²) in [5, 5.41) is 7.97. The molecule has 3 nitrogen and oxygen atoms in total. The van der Waals surface area contributed by atoms with Crippen LogP contribution in [0.3, 0.4) is 0 Å². The Morgan fingerprint density at radius 2 is 2.25 bits per heavy atom. The standard InChI is InChI=1S/C6H4ClN3S.Na/c7-5-4(11)1-2-10-3-8-9-6(5)10;/h1-3,11H;/q;+1/p-1. The third-order valence-electron chi connectivity index (χ3n) is 1.37. The van der Waals surface area contributed by atoms with Crippen molar-refractivity contribution in [3.05, 3.63) is 23.6 Å². The number of pyridine rings is 1. The van der Waals surface area contributed by atoms with Crippen LogP contribution in [0, 0.1) is 0 Å². The van der Waals surface area contributed by atoms with E-state index in [4.69, 9.17) is 24.2 Å². The van der Waals surface area contributed by atoms with Crippen LogP contribution in [0.4, 0.5) is 0 Å². The first-order valence-corrected chi connectivity index (χ1v) is 3.72. The van der Waals surface area contributed by atoms with E-state index in [-0.39, 0.29) is 29.6 Å². The van der Waals surface area contributed by atoms with Crippen LogP contribution < -0.4 is 29.6 Å². The van der Waals surface area contributed by atoms with E-state index in [2.05, 4.69) is 10.2 Å². The van der Waals surface area contributed by atoms with E-state index in [0.717, 1.165) is 0 Å². The van der Waals surface area contributed by atoms with Gasteiger partial charge in [0.25, 0.3) is 0 Å². The SMILES string of the molecule is [Na+].[S-]c1ccn2cnnc2c1Cl. The molecule has 12 heavy (non-hydrogen) atoms. The van der Waals surface area contributed by atoms with E-state index in [9.17, 15) is 0 Å². The van der Waals surface area contributed by atoms with Gasteiger partial charge in [0, 0.05) is 6.20 Å². The Kier molecular flexibility index (Phi) is 3.31. The maximum atomic E-state index is 5.84. The second kappa shape index (κ2) is 3.89. The molecule has 0 saturated heterocycles. The van der Waals surface area contributed by atoms with Crippen LogP contribution in [0.25, 0.3) is 5.65 Å². The summed E-state index contributed by atoms with van der Waals surface area (Å²) < 4.78 is 1.72. The van der Waals surface area contributed by atoms with Crippen molar-refractivity contribution in [3.63, 3.8) is 0 Å². The number of hydrogen-bond donors (Lipinski definition) is 0. The zero-order valence-electron chi connectivity index (χ0n) is 6.36. The molecule has 0 aliphatic heterocycles. The fourth-order valence-corrected chi connectivity index (χ4v) is 1.19. The van der Waals surface area contributed by atoms with Gasteiger partial charge in [-0.05, 0) is 0 Å². The summed E-state index contributed by atoms with van der Waals surface area (Å²) in [6.07, 6.45) is 3.36. The molecule has 0 aromatic carbocycles. The summed E-state index contributed by atoms with van der Waals surface area (Å²) in [7, 11) is 0. The molecule has 2 rings (SSSR count). The molecule has 0 spiro atoms. The molecule has 0 atom stereocenters. The maximum absolute atomic E-state index is 5.84. The molecule has 0 aliphatic rings. The van der Waals surface area contributed by atoms with Gasteiger partial charge in [-0.1, -0.05) is 17.7 Å². The van der Waals surface area contributed by atoms with Crippen molar-refractivity contribution in [2.75, 3.05) is 0 Å². The Hall–Kier alpha value is 0.130. The predicted octanol–water partition coefficient (Wildman–Crippen LogP) is -1.71. The van der Waals surface area contributed by atoms with Gasteiger partial charge in [0.05, 0.1) is 5.02 Å². The molecule has 6 heteroatoms. The van der Waals surface area contributed by atoms with Crippen LogP contribution in [-0.4, -0.2) is 14.6 Å². The first-order chi connectivity index (χ1) is 5.29. The van der Waals surface area contributed by atoms with Crippen molar-refractivity contribution >= 4 is 29.9 Å². The zero-order chi connectivity index (χ0) is 7.84. The van der Waals surface area contributed by atoms with E-state index in [1.807, 2.05) is 0 Å². The van der Waals surface area contributed by atoms with Gasteiger partial charge in [-0.3, -0.25) is 4.40 Å². The van der Waals surface area contributed by atoms with Crippen molar-refractivity contribution in [1.29, 1.82) is 0 Å². The van der Waals surface area contributed by atoms with Crippen molar-refractivity contribution in [2.24, 2.45) is 0 Å². The second-order valence-corrected chi connectivity index (χ2v) is 2.87. The van der Waals surface area contributed by atoms with Crippen LogP contribution in [0.1, 0.15) is 0 Å². The molecular formula is C6H3ClN3NaS. The summed E-state index contributed by atoms with van der Waals surface area (Å²) in [5.74, 6) is 0. The molecule has 0 unspecified atom stereocenters.